The van der Waals surface area contributed by atoms with Crippen LogP contribution >= 0.6 is 0 Å². The van der Waals surface area contributed by atoms with Crippen molar-refractivity contribution in [3.05, 3.63) is 70.4 Å². The maximum atomic E-state index is 14.2. The van der Waals surface area contributed by atoms with Crippen LogP contribution in [0.3, 0.4) is 0 Å². The monoisotopic (exact) mass is 323 g/mol. The van der Waals surface area contributed by atoms with Crippen LogP contribution < -0.4 is 0 Å². The summed E-state index contributed by atoms with van der Waals surface area (Å²) in [5.74, 6) is -1.66. The third-order valence-corrected chi connectivity index (χ3v) is 3.64. The number of hydrogen-bond donors (Lipinski definition) is 1. The molecule has 0 aliphatic heterocycles. The lowest BCUT2D eigenvalue weighted by Gasteiger charge is -2.02. The average molecular weight is 323 g/mol. The van der Waals surface area contributed by atoms with E-state index in [4.69, 9.17) is 0 Å². The molecule has 0 fully saturated rings. The van der Waals surface area contributed by atoms with Gasteiger partial charge in [-0.1, -0.05) is 0 Å². The highest BCUT2D eigenvalue weighted by Gasteiger charge is 2.14. The van der Waals surface area contributed by atoms with Gasteiger partial charge < -0.3 is 0 Å². The number of hydrogen-bond acceptors (Lipinski definition) is 3. The Morgan fingerprint density at radius 2 is 1.96 bits per heavy atom. The number of aromatic amines is 1. The van der Waals surface area contributed by atoms with Gasteiger partial charge in [-0.3, -0.25) is 9.89 Å². The molecule has 1 aromatic heterocycles. The number of carbonyl (C=O) groups is 1. The minimum Gasteiger partial charge on any atom is -0.288 e. The topological polar surface area (TPSA) is 69.5 Å². The lowest BCUT2D eigenvalue weighted by Crippen LogP contribution is -2.02. The lowest BCUT2D eigenvalue weighted by molar-refractivity contribution is 0.104. The number of nitrogens with zero attached hydrogens (tertiary/aromatic N) is 2. The van der Waals surface area contributed by atoms with Gasteiger partial charge in [0.05, 0.1) is 11.2 Å². The molecule has 3 rings (SSSR count). The van der Waals surface area contributed by atoms with Crippen LogP contribution in [-0.4, -0.2) is 16.0 Å². The smallest absolute Gasteiger partial charge is 0.203 e. The highest BCUT2D eigenvalue weighted by Crippen LogP contribution is 2.23. The standard InChI is InChI=1S/C18H11F2N3O/c1-10-15-7-12(16(20)8-17(15)23-22-10)6-13(9-21)18(24)11-2-4-14(19)5-3-11/h2-8H,1H3,(H,22,23)/b13-6-. The molecular formula is C18H11F2N3O. The molecule has 24 heavy (non-hydrogen) atoms. The maximum absolute atomic E-state index is 14.2. The number of aromatic nitrogens is 2. The van der Waals surface area contributed by atoms with Gasteiger partial charge in [-0.25, -0.2) is 8.78 Å². The van der Waals surface area contributed by atoms with Crippen molar-refractivity contribution >= 4 is 22.8 Å². The summed E-state index contributed by atoms with van der Waals surface area (Å²) in [6.45, 7) is 1.76. The zero-order chi connectivity index (χ0) is 17.3. The second-order valence-corrected chi connectivity index (χ2v) is 5.23. The number of fused-ring (bicyclic) bond motifs is 1. The Bertz CT molecular complexity index is 1010. The van der Waals surface area contributed by atoms with Gasteiger partial charge in [0.2, 0.25) is 5.78 Å². The Morgan fingerprint density at radius 3 is 2.62 bits per heavy atom. The van der Waals surface area contributed by atoms with Gasteiger partial charge in [-0.05, 0) is 43.3 Å². The molecule has 6 heteroatoms. The number of benzene rings is 2. The molecule has 3 aromatic rings. The number of nitrogens with one attached hydrogen (secondary N) is 1. The van der Waals surface area contributed by atoms with Gasteiger partial charge >= 0.3 is 0 Å². The normalized spacial score (nSPS) is 11.5. The van der Waals surface area contributed by atoms with Gasteiger partial charge in [0, 0.05) is 22.6 Å². The van der Waals surface area contributed by atoms with E-state index in [9.17, 15) is 18.8 Å². The van der Waals surface area contributed by atoms with Crippen LogP contribution in [0.4, 0.5) is 8.78 Å². The van der Waals surface area contributed by atoms with Gasteiger partial charge in [0.1, 0.15) is 23.3 Å². The largest absolute Gasteiger partial charge is 0.288 e. The summed E-state index contributed by atoms with van der Waals surface area (Å²) in [5.41, 5.74) is 1.25. The van der Waals surface area contributed by atoms with Crippen LogP contribution in [0.1, 0.15) is 21.6 Å². The van der Waals surface area contributed by atoms with E-state index >= 15 is 0 Å². The third kappa shape index (κ3) is 2.79. The quantitative estimate of drug-likeness (QED) is 0.451. The van der Waals surface area contributed by atoms with Crippen molar-refractivity contribution in [3.63, 3.8) is 0 Å². The number of allylic oxidation sites excluding steroid dienone is 1. The molecule has 0 spiro atoms. The summed E-state index contributed by atoms with van der Waals surface area (Å²) in [5, 5.41) is 16.6. The summed E-state index contributed by atoms with van der Waals surface area (Å²) >= 11 is 0. The number of halogens is 2. The van der Waals surface area contributed by atoms with Crippen LogP contribution in [0, 0.1) is 29.9 Å². The number of Topliss-reactive ketones (excluding diaryl/α,β-unsaturated/α-hetero) is 1. The van der Waals surface area contributed by atoms with Crippen LogP contribution in [0.25, 0.3) is 17.0 Å². The number of ketones is 1. The second kappa shape index (κ2) is 6.05. The molecule has 2 aromatic carbocycles. The molecule has 0 unspecified atom stereocenters. The van der Waals surface area contributed by atoms with E-state index in [-0.39, 0.29) is 16.7 Å². The summed E-state index contributed by atoms with van der Waals surface area (Å²) < 4.78 is 27.1. The summed E-state index contributed by atoms with van der Waals surface area (Å²) in [6, 6.07) is 9.38. The minimum atomic E-state index is -0.596. The van der Waals surface area contributed by atoms with Crippen LogP contribution in [0.15, 0.2) is 42.0 Å². The SMILES string of the molecule is Cc1n[nH]c2cc(F)c(/C=C(/C#N)C(=O)c3ccc(F)cc3)cc12. The van der Waals surface area contributed by atoms with Gasteiger partial charge in [0.25, 0.3) is 0 Å². The fraction of sp³-hybridized carbons (Fsp3) is 0.0556. The van der Waals surface area contributed by atoms with Crippen LogP contribution in [0.5, 0.6) is 0 Å². The first kappa shape index (κ1) is 15.6. The summed E-state index contributed by atoms with van der Waals surface area (Å²) in [6.07, 6.45) is 1.19. The first-order valence-corrected chi connectivity index (χ1v) is 7.06. The van der Waals surface area contributed by atoms with E-state index in [0.717, 1.165) is 12.1 Å². The van der Waals surface area contributed by atoms with Gasteiger partial charge in [-0.2, -0.15) is 10.4 Å². The highest BCUT2D eigenvalue weighted by molar-refractivity contribution is 6.14. The summed E-state index contributed by atoms with van der Waals surface area (Å²) in [7, 11) is 0. The van der Waals surface area contributed by atoms with E-state index < -0.39 is 17.4 Å². The van der Waals surface area contributed by atoms with Crippen molar-refractivity contribution in [1.82, 2.24) is 10.2 Å². The van der Waals surface area contributed by atoms with E-state index in [1.807, 2.05) is 0 Å². The Labute approximate surface area is 136 Å². The van der Waals surface area contributed by atoms with Crippen molar-refractivity contribution in [2.24, 2.45) is 0 Å². The van der Waals surface area contributed by atoms with E-state index in [1.165, 1.54) is 30.3 Å². The molecule has 4 nitrogen and oxygen atoms in total. The fourth-order valence-electron chi connectivity index (χ4n) is 2.36. The van der Waals surface area contributed by atoms with Crippen molar-refractivity contribution in [3.8, 4) is 6.07 Å². The van der Waals surface area contributed by atoms with Gasteiger partial charge in [0.15, 0.2) is 0 Å². The first-order valence-electron chi connectivity index (χ1n) is 7.06. The fourth-order valence-corrected chi connectivity index (χ4v) is 2.36. The zero-order valence-corrected chi connectivity index (χ0v) is 12.6. The molecule has 0 radical (unpaired) electrons. The molecular weight excluding hydrogens is 312 g/mol. The molecule has 0 bridgehead atoms. The van der Waals surface area contributed by atoms with Crippen molar-refractivity contribution in [2.75, 3.05) is 0 Å². The second-order valence-electron chi connectivity index (χ2n) is 5.23. The Hall–Kier alpha value is -3.33. The maximum Gasteiger partial charge on any atom is 0.203 e. The average Bonchev–Trinajstić information content (AvgIpc) is 2.93. The predicted octanol–water partition coefficient (Wildman–Crippen LogP) is 3.94. The molecule has 0 amide bonds. The van der Waals surface area contributed by atoms with E-state index in [1.54, 1.807) is 13.0 Å². The van der Waals surface area contributed by atoms with E-state index in [2.05, 4.69) is 10.2 Å². The molecule has 0 aliphatic rings. The molecule has 0 saturated heterocycles. The Kier molecular flexibility index (Phi) is 3.92. The molecule has 1 N–H and O–H groups in total. The van der Waals surface area contributed by atoms with Gasteiger partial charge in [-0.15, -0.1) is 0 Å². The van der Waals surface area contributed by atoms with E-state index in [0.29, 0.717) is 16.6 Å². The molecule has 118 valence electrons. The number of H-pyrrole nitrogens is 1. The lowest BCUT2D eigenvalue weighted by atomic mass is 10.0. The number of nitriles is 1. The Balaban J connectivity index is 2.06. The van der Waals surface area contributed by atoms with Crippen molar-refractivity contribution in [2.45, 2.75) is 6.92 Å². The number of aryl methyl sites for hydroxylation is 1. The van der Waals surface area contributed by atoms with Crippen molar-refractivity contribution < 1.29 is 13.6 Å². The van der Waals surface area contributed by atoms with Crippen LogP contribution in [0.2, 0.25) is 0 Å². The summed E-state index contributed by atoms with van der Waals surface area (Å²) in [4.78, 5) is 12.3. The predicted molar refractivity (Wildman–Crippen MR) is 85.1 cm³/mol. The molecule has 0 atom stereocenters. The number of rotatable bonds is 3. The molecule has 0 aliphatic carbocycles. The number of carbonyl (C=O) groups excluding carboxylic acids is 1. The first-order chi connectivity index (χ1) is 11.5. The molecule has 0 saturated carbocycles. The van der Waals surface area contributed by atoms with Crippen LogP contribution in [-0.2, 0) is 0 Å². The highest BCUT2D eigenvalue weighted by atomic mass is 19.1. The van der Waals surface area contributed by atoms with Crippen molar-refractivity contribution in [1.29, 1.82) is 5.26 Å². The zero-order valence-electron chi connectivity index (χ0n) is 12.6. The minimum absolute atomic E-state index is 0.110. The third-order valence-electron chi connectivity index (χ3n) is 3.64. The molecule has 1 heterocycles. The Morgan fingerprint density at radius 1 is 1.25 bits per heavy atom.